The highest BCUT2D eigenvalue weighted by Crippen LogP contribution is 2.19. The number of carbonyl (C=O) groups excluding carboxylic acids is 2. The van der Waals surface area contributed by atoms with Crippen LogP contribution in [-0.4, -0.2) is 18.4 Å². The van der Waals surface area contributed by atoms with E-state index in [9.17, 15) is 9.59 Å². The summed E-state index contributed by atoms with van der Waals surface area (Å²) in [4.78, 5) is 25.0. The summed E-state index contributed by atoms with van der Waals surface area (Å²) < 4.78 is 5.16. The molecule has 1 aromatic rings. The minimum absolute atomic E-state index is 0.108. The first kappa shape index (κ1) is 26.4. The van der Waals surface area contributed by atoms with E-state index in [1.165, 1.54) is 77.0 Å². The molecular weight excluding hydrogens is 372 g/mol. The number of esters is 1. The SMILES string of the molecule is CCCCCCCCCCCCCCCC[C@@H](C(=O)OCC)C(=O)c1ccccc1. The van der Waals surface area contributed by atoms with Crippen molar-refractivity contribution in [2.24, 2.45) is 5.92 Å². The minimum atomic E-state index is -0.662. The van der Waals surface area contributed by atoms with E-state index in [4.69, 9.17) is 4.74 Å². The number of rotatable bonds is 19. The van der Waals surface area contributed by atoms with E-state index in [1.54, 1.807) is 19.1 Å². The predicted octanol–water partition coefficient (Wildman–Crippen LogP) is 7.92. The molecule has 0 aromatic heterocycles. The number of hydrogen-bond donors (Lipinski definition) is 0. The second-order valence-corrected chi connectivity index (χ2v) is 8.42. The fourth-order valence-electron chi connectivity index (χ4n) is 3.95. The van der Waals surface area contributed by atoms with Gasteiger partial charge in [0.2, 0.25) is 0 Å². The Balaban J connectivity index is 2.13. The number of ketones is 1. The monoisotopic (exact) mass is 416 g/mol. The third kappa shape index (κ3) is 12.1. The summed E-state index contributed by atoms with van der Waals surface area (Å²) in [5.41, 5.74) is 0.598. The zero-order valence-corrected chi connectivity index (χ0v) is 19.5. The summed E-state index contributed by atoms with van der Waals surface area (Å²) in [5.74, 6) is -1.14. The summed E-state index contributed by atoms with van der Waals surface area (Å²) in [5, 5.41) is 0. The number of benzene rings is 1. The van der Waals surface area contributed by atoms with Gasteiger partial charge in [-0.15, -0.1) is 0 Å². The number of ether oxygens (including phenoxy) is 1. The van der Waals surface area contributed by atoms with Crippen molar-refractivity contribution >= 4 is 11.8 Å². The Labute approximate surface area is 185 Å². The predicted molar refractivity (Wildman–Crippen MR) is 126 cm³/mol. The molecule has 0 fully saturated rings. The summed E-state index contributed by atoms with van der Waals surface area (Å²) in [7, 11) is 0. The summed E-state index contributed by atoms with van der Waals surface area (Å²) in [6, 6.07) is 9.10. The first-order chi connectivity index (χ1) is 14.7. The van der Waals surface area contributed by atoms with Crippen LogP contribution in [0.25, 0.3) is 0 Å². The summed E-state index contributed by atoms with van der Waals surface area (Å²) >= 11 is 0. The lowest BCUT2D eigenvalue weighted by molar-refractivity contribution is -0.146. The van der Waals surface area contributed by atoms with Crippen LogP contribution in [0.4, 0.5) is 0 Å². The molecule has 0 aliphatic heterocycles. The van der Waals surface area contributed by atoms with Gasteiger partial charge in [0, 0.05) is 5.56 Å². The second-order valence-electron chi connectivity index (χ2n) is 8.42. The maximum atomic E-state index is 12.7. The van der Waals surface area contributed by atoms with Crippen LogP contribution in [0.15, 0.2) is 30.3 Å². The van der Waals surface area contributed by atoms with Crippen LogP contribution < -0.4 is 0 Å². The highest BCUT2D eigenvalue weighted by Gasteiger charge is 2.28. The molecule has 0 unspecified atom stereocenters. The third-order valence-corrected chi connectivity index (χ3v) is 5.79. The molecule has 0 spiro atoms. The molecule has 0 amide bonds. The molecular formula is C27H44O3. The maximum Gasteiger partial charge on any atom is 0.316 e. The van der Waals surface area contributed by atoms with E-state index in [0.717, 1.165) is 12.8 Å². The first-order valence-electron chi connectivity index (χ1n) is 12.5. The zero-order valence-electron chi connectivity index (χ0n) is 19.5. The van der Waals surface area contributed by atoms with Crippen molar-refractivity contribution in [1.82, 2.24) is 0 Å². The van der Waals surface area contributed by atoms with Crippen LogP contribution in [0.3, 0.4) is 0 Å². The molecule has 0 radical (unpaired) electrons. The van der Waals surface area contributed by atoms with Crippen LogP contribution >= 0.6 is 0 Å². The molecule has 30 heavy (non-hydrogen) atoms. The van der Waals surface area contributed by atoms with Crippen LogP contribution in [0.5, 0.6) is 0 Å². The van der Waals surface area contributed by atoms with Crippen molar-refractivity contribution in [2.75, 3.05) is 6.61 Å². The fraction of sp³-hybridized carbons (Fsp3) is 0.704. The second kappa shape index (κ2) is 18.2. The Morgan fingerprint density at radius 2 is 1.17 bits per heavy atom. The van der Waals surface area contributed by atoms with Gasteiger partial charge in [-0.2, -0.15) is 0 Å². The van der Waals surface area contributed by atoms with Gasteiger partial charge in [-0.25, -0.2) is 0 Å². The lowest BCUT2D eigenvalue weighted by atomic mass is 9.92. The molecule has 0 aliphatic carbocycles. The molecule has 3 nitrogen and oxygen atoms in total. The van der Waals surface area contributed by atoms with Gasteiger partial charge < -0.3 is 4.74 Å². The van der Waals surface area contributed by atoms with Crippen LogP contribution in [-0.2, 0) is 9.53 Å². The Kier molecular flexibility index (Phi) is 16.0. The quantitative estimate of drug-likeness (QED) is 0.0995. The normalized spacial score (nSPS) is 11.9. The zero-order chi connectivity index (χ0) is 21.9. The number of carbonyl (C=O) groups is 2. The average molecular weight is 417 g/mol. The van der Waals surface area contributed by atoms with Gasteiger partial charge in [0.05, 0.1) is 6.61 Å². The fourth-order valence-corrected chi connectivity index (χ4v) is 3.95. The van der Waals surface area contributed by atoms with Gasteiger partial charge in [0.15, 0.2) is 5.78 Å². The van der Waals surface area contributed by atoms with Crippen LogP contribution in [0, 0.1) is 5.92 Å². The highest BCUT2D eigenvalue weighted by atomic mass is 16.5. The van der Waals surface area contributed by atoms with Crippen LogP contribution in [0.1, 0.15) is 121 Å². The van der Waals surface area contributed by atoms with E-state index in [0.29, 0.717) is 18.6 Å². The molecule has 0 aliphatic rings. The van der Waals surface area contributed by atoms with Crippen LogP contribution in [0.2, 0.25) is 0 Å². The van der Waals surface area contributed by atoms with Crippen molar-refractivity contribution in [3.05, 3.63) is 35.9 Å². The van der Waals surface area contributed by atoms with Crippen molar-refractivity contribution < 1.29 is 14.3 Å². The standard InChI is InChI=1S/C27H44O3/c1-3-5-6-7-8-9-10-11-12-13-14-15-16-20-23-25(27(29)30-4-2)26(28)24-21-18-17-19-22-24/h17-19,21-22,25H,3-16,20,23H2,1-2H3/t25-/m1/s1. The van der Waals surface area contributed by atoms with Crippen molar-refractivity contribution in [1.29, 1.82) is 0 Å². The molecule has 1 atom stereocenters. The van der Waals surface area contributed by atoms with Gasteiger partial charge >= 0.3 is 5.97 Å². The Morgan fingerprint density at radius 1 is 0.700 bits per heavy atom. The van der Waals surface area contributed by atoms with Gasteiger partial charge in [-0.05, 0) is 13.3 Å². The number of hydrogen-bond acceptors (Lipinski definition) is 3. The minimum Gasteiger partial charge on any atom is -0.465 e. The first-order valence-corrected chi connectivity index (χ1v) is 12.5. The molecule has 0 saturated heterocycles. The summed E-state index contributed by atoms with van der Waals surface area (Å²) in [6.45, 7) is 4.37. The topological polar surface area (TPSA) is 43.4 Å². The maximum absolute atomic E-state index is 12.7. The molecule has 1 rings (SSSR count). The smallest absolute Gasteiger partial charge is 0.316 e. The molecule has 1 aromatic carbocycles. The molecule has 0 N–H and O–H groups in total. The van der Waals surface area contributed by atoms with E-state index < -0.39 is 5.92 Å². The highest BCUT2D eigenvalue weighted by molar-refractivity contribution is 6.08. The van der Waals surface area contributed by atoms with Gasteiger partial charge in [-0.3, -0.25) is 9.59 Å². The van der Waals surface area contributed by atoms with E-state index in [1.807, 2.05) is 18.2 Å². The lowest BCUT2D eigenvalue weighted by Crippen LogP contribution is -2.26. The average Bonchev–Trinajstić information content (AvgIpc) is 2.77. The number of unbranched alkanes of at least 4 members (excludes halogenated alkanes) is 13. The van der Waals surface area contributed by atoms with Crippen molar-refractivity contribution in [3.8, 4) is 0 Å². The Hall–Kier alpha value is -1.64. The van der Waals surface area contributed by atoms with Gasteiger partial charge in [0.25, 0.3) is 0 Å². The third-order valence-electron chi connectivity index (χ3n) is 5.79. The van der Waals surface area contributed by atoms with Crippen molar-refractivity contribution in [2.45, 2.75) is 110 Å². The molecule has 3 heteroatoms. The Bertz CT molecular complexity index is 552. The molecule has 0 saturated carbocycles. The van der Waals surface area contributed by atoms with E-state index >= 15 is 0 Å². The lowest BCUT2D eigenvalue weighted by Gasteiger charge is -2.14. The summed E-state index contributed by atoms with van der Waals surface area (Å²) in [6.07, 6.45) is 18.7. The van der Waals surface area contributed by atoms with E-state index in [2.05, 4.69) is 6.92 Å². The Morgan fingerprint density at radius 3 is 1.63 bits per heavy atom. The molecule has 170 valence electrons. The van der Waals surface area contributed by atoms with Crippen molar-refractivity contribution in [3.63, 3.8) is 0 Å². The molecule has 0 bridgehead atoms. The largest absolute Gasteiger partial charge is 0.465 e. The van der Waals surface area contributed by atoms with Gasteiger partial charge in [-0.1, -0.05) is 127 Å². The van der Waals surface area contributed by atoms with Gasteiger partial charge in [0.1, 0.15) is 5.92 Å². The molecule has 0 heterocycles. The number of Topliss-reactive ketones (excluding diaryl/α,β-unsaturated/α-hetero) is 1. The van der Waals surface area contributed by atoms with E-state index in [-0.39, 0.29) is 11.8 Å².